The second kappa shape index (κ2) is 5.87. The van der Waals surface area contributed by atoms with E-state index in [9.17, 15) is 9.18 Å². The SMILES string of the molecule is N#C/C(N)=C(\C#N)N(C=O)Nc1ccccc1F. The van der Waals surface area contributed by atoms with Gasteiger partial charge in [0, 0.05) is 0 Å². The molecule has 6 nitrogen and oxygen atoms in total. The molecule has 0 saturated carbocycles. The molecule has 1 amide bonds. The number of carbonyl (C=O) groups excluding carboxylic acids is 1. The largest absolute Gasteiger partial charge is 0.388 e. The highest BCUT2D eigenvalue weighted by molar-refractivity contribution is 5.60. The van der Waals surface area contributed by atoms with E-state index < -0.39 is 17.2 Å². The number of rotatable bonds is 4. The third-order valence-electron chi connectivity index (χ3n) is 1.94. The topological polar surface area (TPSA) is 106 Å². The van der Waals surface area contributed by atoms with Gasteiger partial charge in [-0.25, -0.2) is 9.40 Å². The zero-order valence-corrected chi connectivity index (χ0v) is 9.09. The molecule has 18 heavy (non-hydrogen) atoms. The number of nitrogens with one attached hydrogen (secondary N) is 1. The van der Waals surface area contributed by atoms with Gasteiger partial charge in [-0.15, -0.1) is 0 Å². The summed E-state index contributed by atoms with van der Waals surface area (Å²) in [6, 6.07) is 8.67. The van der Waals surface area contributed by atoms with Crippen LogP contribution in [0.1, 0.15) is 0 Å². The van der Waals surface area contributed by atoms with E-state index in [0.717, 1.165) is 0 Å². The molecule has 0 saturated heterocycles. The summed E-state index contributed by atoms with van der Waals surface area (Å²) in [4.78, 5) is 10.8. The van der Waals surface area contributed by atoms with Crippen molar-refractivity contribution in [2.75, 3.05) is 5.43 Å². The number of nitrogens with zero attached hydrogens (tertiary/aromatic N) is 3. The van der Waals surface area contributed by atoms with E-state index in [4.69, 9.17) is 16.3 Å². The third kappa shape index (κ3) is 2.74. The second-order valence-electron chi connectivity index (χ2n) is 3.05. The fraction of sp³-hybridized carbons (Fsp3) is 0. The van der Waals surface area contributed by atoms with Crippen molar-refractivity contribution in [3.63, 3.8) is 0 Å². The van der Waals surface area contributed by atoms with Gasteiger partial charge >= 0.3 is 0 Å². The minimum absolute atomic E-state index is 0.0249. The number of anilines is 1. The first-order valence-electron chi connectivity index (χ1n) is 4.69. The van der Waals surface area contributed by atoms with Crippen molar-refractivity contribution >= 4 is 12.1 Å². The van der Waals surface area contributed by atoms with E-state index in [0.29, 0.717) is 5.01 Å². The minimum atomic E-state index is -0.614. The van der Waals surface area contributed by atoms with Crippen LogP contribution in [0.4, 0.5) is 10.1 Å². The van der Waals surface area contributed by atoms with Crippen LogP contribution in [0.25, 0.3) is 0 Å². The maximum absolute atomic E-state index is 13.3. The number of hydrogen-bond acceptors (Lipinski definition) is 5. The lowest BCUT2D eigenvalue weighted by atomic mass is 10.3. The van der Waals surface area contributed by atoms with E-state index in [1.807, 2.05) is 0 Å². The molecule has 0 fully saturated rings. The Morgan fingerprint density at radius 1 is 1.39 bits per heavy atom. The van der Waals surface area contributed by atoms with Gasteiger partial charge in [-0.1, -0.05) is 12.1 Å². The summed E-state index contributed by atoms with van der Waals surface area (Å²) in [6.07, 6.45) is 0.217. The highest BCUT2D eigenvalue weighted by Crippen LogP contribution is 2.15. The molecule has 7 heteroatoms. The Bertz CT molecular complexity index is 570. The molecule has 0 aliphatic heterocycles. The van der Waals surface area contributed by atoms with Crippen molar-refractivity contribution in [2.24, 2.45) is 5.73 Å². The Hall–Kier alpha value is -3.06. The third-order valence-corrected chi connectivity index (χ3v) is 1.94. The number of hydrazine groups is 1. The Morgan fingerprint density at radius 2 is 2.06 bits per heavy atom. The van der Waals surface area contributed by atoms with Gasteiger partial charge in [0.2, 0.25) is 6.41 Å². The van der Waals surface area contributed by atoms with Crippen LogP contribution in [0.15, 0.2) is 35.7 Å². The van der Waals surface area contributed by atoms with Crippen molar-refractivity contribution in [3.8, 4) is 12.1 Å². The van der Waals surface area contributed by atoms with Crippen LogP contribution in [0.3, 0.4) is 0 Å². The zero-order chi connectivity index (χ0) is 13.5. The predicted molar refractivity (Wildman–Crippen MR) is 60.4 cm³/mol. The Balaban J connectivity index is 3.08. The molecule has 90 valence electrons. The summed E-state index contributed by atoms with van der Waals surface area (Å²) in [7, 11) is 0. The molecule has 0 aliphatic carbocycles. The summed E-state index contributed by atoms with van der Waals surface area (Å²) in [5, 5.41) is 18.0. The lowest BCUT2D eigenvalue weighted by molar-refractivity contribution is -0.115. The smallest absolute Gasteiger partial charge is 0.233 e. The predicted octanol–water partition coefficient (Wildman–Crippen LogP) is 0.828. The molecule has 1 aromatic rings. The second-order valence-corrected chi connectivity index (χ2v) is 3.05. The monoisotopic (exact) mass is 245 g/mol. The summed E-state index contributed by atoms with van der Waals surface area (Å²) in [6.45, 7) is 0. The number of allylic oxidation sites excluding steroid dienone is 2. The number of para-hydroxylation sites is 1. The number of hydrogen-bond donors (Lipinski definition) is 2. The standard InChI is InChI=1S/C11H8FN5O/c12-8-3-1-2-4-10(8)16-17(7-18)11(6-14)9(15)5-13/h1-4,7,16H,15H2/b11-9-. The number of nitrogens with two attached hydrogens (primary N) is 1. The number of benzene rings is 1. The van der Waals surface area contributed by atoms with Gasteiger partial charge in [0.25, 0.3) is 0 Å². The molecular weight excluding hydrogens is 237 g/mol. The number of nitriles is 2. The van der Waals surface area contributed by atoms with Gasteiger partial charge < -0.3 is 5.73 Å². The first-order chi connectivity index (χ1) is 8.63. The van der Waals surface area contributed by atoms with E-state index in [1.54, 1.807) is 6.07 Å². The van der Waals surface area contributed by atoms with Crippen molar-refractivity contribution in [2.45, 2.75) is 0 Å². The average molecular weight is 245 g/mol. The van der Waals surface area contributed by atoms with Crippen LogP contribution in [-0.4, -0.2) is 11.4 Å². The molecule has 0 atom stereocenters. The molecule has 0 unspecified atom stereocenters. The van der Waals surface area contributed by atoms with Crippen molar-refractivity contribution in [1.29, 1.82) is 10.5 Å². The van der Waals surface area contributed by atoms with Gasteiger partial charge in [-0.3, -0.25) is 10.2 Å². The summed E-state index contributed by atoms with van der Waals surface area (Å²) in [5.74, 6) is -0.614. The van der Waals surface area contributed by atoms with Crippen molar-refractivity contribution in [1.82, 2.24) is 5.01 Å². The molecular formula is C11H8FN5O. The van der Waals surface area contributed by atoms with Crippen LogP contribution < -0.4 is 11.2 Å². The molecule has 1 aromatic carbocycles. The number of amides is 1. The molecule has 3 N–H and O–H groups in total. The molecule has 0 heterocycles. The van der Waals surface area contributed by atoms with E-state index in [2.05, 4.69) is 5.43 Å². The Morgan fingerprint density at radius 3 is 2.56 bits per heavy atom. The number of carbonyl (C=O) groups is 1. The van der Waals surface area contributed by atoms with Gasteiger partial charge in [0.1, 0.15) is 23.7 Å². The fourth-order valence-corrected chi connectivity index (χ4v) is 1.11. The molecule has 1 rings (SSSR count). The van der Waals surface area contributed by atoms with Crippen LogP contribution in [0, 0.1) is 28.5 Å². The minimum Gasteiger partial charge on any atom is -0.388 e. The summed E-state index contributed by atoms with van der Waals surface area (Å²) < 4.78 is 13.3. The van der Waals surface area contributed by atoms with Crippen LogP contribution >= 0.6 is 0 Å². The quantitative estimate of drug-likeness (QED) is 0.464. The van der Waals surface area contributed by atoms with Crippen LogP contribution in [0.2, 0.25) is 0 Å². The fourth-order valence-electron chi connectivity index (χ4n) is 1.11. The van der Waals surface area contributed by atoms with E-state index >= 15 is 0 Å². The van der Waals surface area contributed by atoms with E-state index in [1.165, 1.54) is 30.3 Å². The van der Waals surface area contributed by atoms with Gasteiger partial charge in [0.15, 0.2) is 5.70 Å². The number of halogens is 1. The summed E-state index contributed by atoms with van der Waals surface area (Å²) >= 11 is 0. The van der Waals surface area contributed by atoms with Crippen LogP contribution in [0.5, 0.6) is 0 Å². The Kier molecular flexibility index (Phi) is 4.24. The summed E-state index contributed by atoms with van der Waals surface area (Å²) in [5.41, 5.74) is 6.72. The molecule has 0 aromatic heterocycles. The maximum atomic E-state index is 13.3. The normalized spacial score (nSPS) is 10.6. The van der Waals surface area contributed by atoms with Crippen molar-refractivity contribution in [3.05, 3.63) is 41.5 Å². The van der Waals surface area contributed by atoms with Gasteiger partial charge in [0.05, 0.1) is 5.69 Å². The maximum Gasteiger partial charge on any atom is 0.233 e. The molecule has 0 aliphatic rings. The zero-order valence-electron chi connectivity index (χ0n) is 9.09. The lowest BCUT2D eigenvalue weighted by Gasteiger charge is -2.18. The van der Waals surface area contributed by atoms with Crippen LogP contribution in [-0.2, 0) is 4.79 Å². The highest BCUT2D eigenvalue weighted by Gasteiger charge is 2.14. The van der Waals surface area contributed by atoms with E-state index in [-0.39, 0.29) is 12.1 Å². The molecule has 0 bridgehead atoms. The Labute approximate surface area is 102 Å². The lowest BCUT2D eigenvalue weighted by Crippen LogP contribution is -2.29. The van der Waals surface area contributed by atoms with Gasteiger partial charge in [-0.2, -0.15) is 10.5 Å². The highest BCUT2D eigenvalue weighted by atomic mass is 19.1. The van der Waals surface area contributed by atoms with Gasteiger partial charge in [-0.05, 0) is 12.1 Å². The molecule has 0 spiro atoms. The molecule has 0 radical (unpaired) electrons. The first-order valence-corrected chi connectivity index (χ1v) is 4.69. The average Bonchev–Trinajstić information content (AvgIpc) is 2.40. The first kappa shape index (κ1) is 13.0. The van der Waals surface area contributed by atoms with Crippen molar-refractivity contribution < 1.29 is 9.18 Å².